The Morgan fingerprint density at radius 1 is 0.178 bits per heavy atom. The van der Waals surface area contributed by atoms with Crippen molar-refractivity contribution in [2.75, 3.05) is 0 Å². The highest BCUT2D eigenvalue weighted by Crippen LogP contribution is 2.36. The Hall–Kier alpha value is -4.30. The van der Waals surface area contributed by atoms with Crippen LogP contribution >= 0.6 is 118 Å². The molecule has 0 saturated heterocycles. The van der Waals surface area contributed by atoms with Gasteiger partial charge in [-0.2, -0.15) is 118 Å². The van der Waals surface area contributed by atoms with Gasteiger partial charge in [0.2, 0.25) is 0 Å². The van der Waals surface area contributed by atoms with Crippen LogP contribution in [0.15, 0.2) is 231 Å². The van der Waals surface area contributed by atoms with Crippen LogP contribution in [0.5, 0.6) is 0 Å². The van der Waals surface area contributed by atoms with Gasteiger partial charge in [-0.05, 0) is 139 Å². The normalized spacial score (nSPS) is 12.0. The number of thiol groups is 1. The molecule has 0 saturated carbocycles. The van der Waals surface area contributed by atoms with Crippen LogP contribution in [0.4, 0.5) is 0 Å². The molecule has 0 spiro atoms. The van der Waals surface area contributed by atoms with Crippen LogP contribution in [-0.2, 0) is 126 Å². The molecule has 528 valence electrons. The Labute approximate surface area is 653 Å². The van der Waals surface area contributed by atoms with E-state index in [-0.39, 0.29) is 16.2 Å². The summed E-state index contributed by atoms with van der Waals surface area (Å²) in [6.45, 7) is 21.2. The lowest BCUT2D eigenvalue weighted by Crippen LogP contribution is -2.12. The Bertz CT molecular complexity index is 3790. The summed E-state index contributed by atoms with van der Waals surface area (Å²) < 4.78 is 0. The fraction of sp³-hybridized carbons (Fsp3) is 0.341. The largest absolute Gasteiger partial charge is 0.175 e. The van der Waals surface area contributed by atoms with Crippen molar-refractivity contribution in [2.24, 2.45) is 0 Å². The lowest BCUT2D eigenvalue weighted by atomic mass is 9.85. The molecule has 101 heavy (non-hydrogen) atoms. The summed E-state index contributed by atoms with van der Waals surface area (Å²) in [6.07, 6.45) is 0. The highest BCUT2D eigenvalue weighted by Gasteiger charge is 2.20. The molecule has 0 aliphatic heterocycles. The van der Waals surface area contributed by atoms with Crippen molar-refractivity contribution in [3.05, 3.63) is 353 Å². The van der Waals surface area contributed by atoms with Gasteiger partial charge in [-0.15, -0.1) is 0 Å². The number of hydrogen-bond donors (Lipinski definition) is 1. The minimum Gasteiger partial charge on any atom is -0.175 e. The fourth-order valence-corrected chi connectivity index (χ4v) is 20.7. The molecule has 10 heteroatoms. The van der Waals surface area contributed by atoms with Crippen LogP contribution in [-0.4, -0.2) is 0 Å². The van der Waals surface area contributed by atoms with E-state index in [2.05, 4.69) is 340 Å². The molecule has 0 aromatic heterocycles. The quantitative estimate of drug-likeness (QED) is 0.0375. The highest BCUT2D eigenvalue weighted by atomic mass is 32.2. The van der Waals surface area contributed by atoms with Crippen molar-refractivity contribution in [1.82, 2.24) is 0 Å². The summed E-state index contributed by atoms with van der Waals surface area (Å²) in [6, 6.07) is 88.2. The first-order chi connectivity index (χ1) is 48.8. The van der Waals surface area contributed by atoms with Crippen LogP contribution in [0.3, 0.4) is 0 Å². The van der Waals surface area contributed by atoms with Crippen molar-refractivity contribution in [3.63, 3.8) is 0 Å². The van der Waals surface area contributed by atoms with Crippen LogP contribution in [0, 0.1) is 0 Å². The molecule has 0 radical (unpaired) electrons. The number of thioether (sulfide) groups is 9. The highest BCUT2D eigenvalue weighted by molar-refractivity contribution is 7.99. The number of benzene rings is 10. The van der Waals surface area contributed by atoms with Gasteiger partial charge in [-0.25, -0.2) is 0 Å². The van der Waals surface area contributed by atoms with E-state index < -0.39 is 0 Å². The van der Waals surface area contributed by atoms with Crippen molar-refractivity contribution in [2.45, 2.75) is 188 Å². The van der Waals surface area contributed by atoms with E-state index in [4.69, 9.17) is 12.6 Å². The minimum atomic E-state index is 0.0522. The molecule has 0 amide bonds. The average molecular weight is 1520 g/mol. The predicted octanol–water partition coefficient (Wildman–Crippen LogP) is 27.9. The van der Waals surface area contributed by atoms with Gasteiger partial charge in [-0.3, -0.25) is 0 Å². The monoisotopic (exact) mass is 1520 g/mol. The first-order valence-electron chi connectivity index (χ1n) is 35.5. The van der Waals surface area contributed by atoms with Crippen LogP contribution in [0.25, 0.3) is 0 Å². The van der Waals surface area contributed by atoms with Gasteiger partial charge < -0.3 is 0 Å². The Kier molecular flexibility index (Phi) is 31.7. The molecule has 10 aromatic rings. The molecular weight excluding hydrogens is 1410 g/mol. The molecule has 0 bridgehead atoms. The maximum absolute atomic E-state index is 4.73. The van der Waals surface area contributed by atoms with Gasteiger partial charge in [0.1, 0.15) is 0 Å². The fourth-order valence-electron chi connectivity index (χ4n) is 12.2. The molecule has 10 aromatic carbocycles. The molecule has 0 N–H and O–H groups in total. The van der Waals surface area contributed by atoms with Crippen molar-refractivity contribution < 1.29 is 0 Å². The maximum atomic E-state index is 4.73. The Balaban J connectivity index is 0.805. The topological polar surface area (TPSA) is 0 Å². The lowest BCUT2D eigenvalue weighted by Gasteiger charge is -2.22. The number of rotatable bonds is 37. The second-order valence-corrected chi connectivity index (χ2v) is 39.1. The van der Waals surface area contributed by atoms with Crippen LogP contribution < -0.4 is 0 Å². The van der Waals surface area contributed by atoms with E-state index in [1.54, 1.807) is 0 Å². The summed E-state index contributed by atoms with van der Waals surface area (Å²) in [5.41, 5.74) is 31.3. The van der Waals surface area contributed by atoms with E-state index in [0.29, 0.717) is 0 Å². The summed E-state index contributed by atoms with van der Waals surface area (Å²) in [7, 11) is 0. The predicted molar refractivity (Wildman–Crippen MR) is 468 cm³/mol. The van der Waals surface area contributed by atoms with Crippen molar-refractivity contribution in [3.8, 4) is 0 Å². The molecule has 0 unspecified atom stereocenters. The smallest absolute Gasteiger partial charge is 0.0188 e. The van der Waals surface area contributed by atoms with Gasteiger partial charge in [0.25, 0.3) is 0 Å². The van der Waals surface area contributed by atoms with Gasteiger partial charge in [0, 0.05) is 109 Å². The van der Waals surface area contributed by atoms with Crippen molar-refractivity contribution in [1.29, 1.82) is 0 Å². The van der Waals surface area contributed by atoms with E-state index in [1.807, 2.05) is 58.8 Å². The third-order valence-corrected chi connectivity index (χ3v) is 27.5. The second-order valence-electron chi connectivity index (χ2n) is 29.9. The third kappa shape index (κ3) is 27.8. The lowest BCUT2D eigenvalue weighted by molar-refractivity contribution is 0.589. The number of hydrogen-bond acceptors (Lipinski definition) is 10. The van der Waals surface area contributed by atoms with Gasteiger partial charge in [0.15, 0.2) is 0 Å². The molecule has 0 heterocycles. The molecule has 10 rings (SSSR count). The Morgan fingerprint density at radius 2 is 0.307 bits per heavy atom. The standard InChI is InChI=1S/C91H104S10/c1-89(2,3)86-42-71(48-92)30-81(43-86)62-97-57-78-37-79(60-100-65-84-40-82(44-87(46-84)90(4,5)6)63-98-58-76-33-72(53-93-49-67-22-14-10-15-23-67)31-73(34-76)54-94-50-68-24-16-11-17-25-68)39-80(38-78)61-101-66-85-41-83(45-88(47-85)91(7,8)9)64-99-59-77-35-74(55-95-51-69-26-18-12-19-27-69)32-75(36-77)56-96-52-70-28-20-13-21-29-70/h10-47,92H,48-66H2,1-9H3. The van der Waals surface area contributed by atoms with E-state index in [0.717, 1.165) is 109 Å². The van der Waals surface area contributed by atoms with Crippen molar-refractivity contribution >= 4 is 118 Å². The first kappa shape index (κ1) is 79.3. The van der Waals surface area contributed by atoms with Gasteiger partial charge in [0.05, 0.1) is 0 Å². The van der Waals surface area contributed by atoms with E-state index >= 15 is 0 Å². The summed E-state index contributed by atoms with van der Waals surface area (Å²) in [5.74, 6) is 18.8. The minimum absolute atomic E-state index is 0.0522. The van der Waals surface area contributed by atoms with Crippen LogP contribution in [0.2, 0.25) is 0 Å². The summed E-state index contributed by atoms with van der Waals surface area (Å²) in [4.78, 5) is 0. The molecule has 0 aliphatic rings. The molecule has 0 nitrogen and oxygen atoms in total. The molecule has 0 atom stereocenters. The third-order valence-electron chi connectivity index (χ3n) is 17.5. The SMILES string of the molecule is CC(C)(C)c1cc(CS)cc(CSCc2cc(CSCc3cc(CSCc4cc(CSCc5ccccc5)cc(CSCc5ccccc5)c4)cc(C(C)(C)C)c3)cc(CSCc3cc(CSCc4cc(CSCc5ccccc5)cc(CSCc5ccccc5)c4)cc(C(C)(C)C)c3)c2)c1. The Morgan fingerprint density at radius 3 is 0.455 bits per heavy atom. The van der Waals surface area contributed by atoms with Gasteiger partial charge >= 0.3 is 0 Å². The average Bonchev–Trinajstić information content (AvgIpc) is 0.857. The van der Waals surface area contributed by atoms with Gasteiger partial charge in [-0.1, -0.05) is 293 Å². The van der Waals surface area contributed by atoms with E-state index in [9.17, 15) is 0 Å². The zero-order valence-corrected chi connectivity index (χ0v) is 69.2. The van der Waals surface area contributed by atoms with Crippen LogP contribution in [0.1, 0.15) is 185 Å². The second kappa shape index (κ2) is 40.4. The first-order valence-corrected chi connectivity index (χ1v) is 46.5. The maximum Gasteiger partial charge on any atom is 0.0188 e. The zero-order chi connectivity index (χ0) is 70.9. The van der Waals surface area contributed by atoms with E-state index in [1.165, 1.54) is 122 Å². The zero-order valence-electron chi connectivity index (χ0n) is 61.0. The summed E-state index contributed by atoms with van der Waals surface area (Å²) >= 11 is 23.1. The molecule has 0 fully saturated rings. The molecule has 0 aliphatic carbocycles. The summed E-state index contributed by atoms with van der Waals surface area (Å²) in [5, 5.41) is 0. The molecular formula is C91H104S10.